The number of carbonyl (C=O) groups excluding carboxylic acids is 1. The van der Waals surface area contributed by atoms with Crippen LogP contribution < -0.4 is 11.1 Å². The number of carbonyl (C=O) groups is 1. The van der Waals surface area contributed by atoms with Gasteiger partial charge in [-0.15, -0.1) is 0 Å². The maximum absolute atomic E-state index is 11.3. The van der Waals surface area contributed by atoms with Crippen molar-refractivity contribution in [2.24, 2.45) is 11.7 Å². The molecule has 1 rings (SSSR count). The molecule has 0 aliphatic carbocycles. The molecule has 0 aliphatic rings. The van der Waals surface area contributed by atoms with E-state index >= 15 is 0 Å². The minimum absolute atomic E-state index is 0.114. The summed E-state index contributed by atoms with van der Waals surface area (Å²) >= 11 is 0. The molecule has 3 N–H and O–H groups in total. The summed E-state index contributed by atoms with van der Waals surface area (Å²) in [7, 11) is 0. The Balaban J connectivity index is 2.54. The Hall–Kier alpha value is -1.29. The lowest BCUT2D eigenvalue weighted by Gasteiger charge is -2.06. The van der Waals surface area contributed by atoms with Crippen LogP contribution in [0, 0.1) is 12.8 Å². The van der Waals surface area contributed by atoms with E-state index in [0.717, 1.165) is 5.76 Å². The Bertz CT molecular complexity index is 294. The summed E-state index contributed by atoms with van der Waals surface area (Å²) in [5.41, 5.74) is 5.34. The van der Waals surface area contributed by atoms with Gasteiger partial charge in [-0.2, -0.15) is 0 Å². The van der Waals surface area contributed by atoms with E-state index in [-0.39, 0.29) is 11.8 Å². The summed E-state index contributed by atoms with van der Waals surface area (Å²) in [6.45, 7) is 3.93. The second kappa shape index (κ2) is 4.09. The summed E-state index contributed by atoms with van der Waals surface area (Å²) < 4.78 is 5.18. The first-order valence-electron chi connectivity index (χ1n) is 4.21. The van der Waals surface area contributed by atoms with Crippen LogP contribution in [0.1, 0.15) is 12.7 Å². The lowest BCUT2D eigenvalue weighted by molar-refractivity contribution is -0.119. The van der Waals surface area contributed by atoms with Crippen molar-refractivity contribution in [1.82, 2.24) is 0 Å². The van der Waals surface area contributed by atoms with Crippen molar-refractivity contribution in [1.29, 1.82) is 0 Å². The molecule has 1 heterocycles. The molecule has 1 aromatic heterocycles. The zero-order valence-corrected chi connectivity index (χ0v) is 7.83. The van der Waals surface area contributed by atoms with Crippen LogP contribution in [0.4, 0.5) is 5.88 Å². The molecule has 0 radical (unpaired) electrons. The normalized spacial score (nSPS) is 12.5. The number of rotatable bonds is 3. The van der Waals surface area contributed by atoms with E-state index in [1.54, 1.807) is 19.1 Å². The molecule has 0 bridgehead atoms. The van der Waals surface area contributed by atoms with Crippen LogP contribution in [0.2, 0.25) is 0 Å². The fraction of sp³-hybridized carbons (Fsp3) is 0.444. The van der Waals surface area contributed by atoms with Crippen molar-refractivity contribution in [2.45, 2.75) is 13.8 Å². The molecule has 0 saturated carbocycles. The molecule has 0 fully saturated rings. The highest BCUT2D eigenvalue weighted by Crippen LogP contribution is 2.12. The zero-order chi connectivity index (χ0) is 9.84. The zero-order valence-electron chi connectivity index (χ0n) is 7.83. The van der Waals surface area contributed by atoms with E-state index in [1.807, 2.05) is 6.92 Å². The molecule has 0 saturated heterocycles. The Morgan fingerprint density at radius 1 is 1.69 bits per heavy atom. The molecule has 72 valence electrons. The topological polar surface area (TPSA) is 68.3 Å². The van der Waals surface area contributed by atoms with E-state index in [4.69, 9.17) is 10.2 Å². The largest absolute Gasteiger partial charge is 0.446 e. The van der Waals surface area contributed by atoms with Gasteiger partial charge >= 0.3 is 0 Å². The van der Waals surface area contributed by atoms with Crippen LogP contribution in [-0.2, 0) is 4.79 Å². The maximum atomic E-state index is 11.3. The third kappa shape index (κ3) is 2.59. The quantitative estimate of drug-likeness (QED) is 0.736. The number of amides is 1. The Labute approximate surface area is 77.1 Å². The maximum Gasteiger partial charge on any atom is 0.230 e. The highest BCUT2D eigenvalue weighted by atomic mass is 16.4. The van der Waals surface area contributed by atoms with Gasteiger partial charge in [-0.05, 0) is 13.0 Å². The molecule has 0 aliphatic heterocycles. The van der Waals surface area contributed by atoms with Crippen molar-refractivity contribution in [3.05, 3.63) is 17.9 Å². The van der Waals surface area contributed by atoms with Crippen molar-refractivity contribution in [3.63, 3.8) is 0 Å². The van der Waals surface area contributed by atoms with Gasteiger partial charge in [-0.25, -0.2) is 0 Å². The fourth-order valence-corrected chi connectivity index (χ4v) is 0.853. The second-order valence-electron chi connectivity index (χ2n) is 3.04. The standard InChI is InChI=1S/C9H14N2O2/c1-6(5-10)9(12)11-8-4-3-7(2)13-8/h3-4,6H,5,10H2,1-2H3,(H,11,12). The summed E-state index contributed by atoms with van der Waals surface area (Å²) in [4.78, 5) is 11.3. The summed E-state index contributed by atoms with van der Waals surface area (Å²) in [6.07, 6.45) is 0. The second-order valence-corrected chi connectivity index (χ2v) is 3.04. The van der Waals surface area contributed by atoms with Crippen LogP contribution in [0.25, 0.3) is 0 Å². The Morgan fingerprint density at radius 2 is 2.38 bits per heavy atom. The highest BCUT2D eigenvalue weighted by Gasteiger charge is 2.11. The molecule has 13 heavy (non-hydrogen) atoms. The van der Waals surface area contributed by atoms with Crippen molar-refractivity contribution < 1.29 is 9.21 Å². The Kier molecular flexibility index (Phi) is 3.08. The van der Waals surface area contributed by atoms with Crippen LogP contribution in [-0.4, -0.2) is 12.5 Å². The third-order valence-corrected chi connectivity index (χ3v) is 1.79. The summed E-state index contributed by atoms with van der Waals surface area (Å²) in [5, 5.41) is 2.63. The average molecular weight is 182 g/mol. The first kappa shape index (κ1) is 9.80. The fourth-order valence-electron chi connectivity index (χ4n) is 0.853. The molecule has 4 nitrogen and oxygen atoms in total. The first-order chi connectivity index (χ1) is 6.13. The van der Waals surface area contributed by atoms with Crippen LogP contribution in [0.5, 0.6) is 0 Å². The van der Waals surface area contributed by atoms with E-state index in [0.29, 0.717) is 12.4 Å². The molecular weight excluding hydrogens is 168 g/mol. The predicted octanol–water partition coefficient (Wildman–Crippen LogP) is 1.12. The monoisotopic (exact) mass is 182 g/mol. The average Bonchev–Trinajstić information content (AvgIpc) is 2.49. The van der Waals surface area contributed by atoms with Crippen molar-refractivity contribution in [3.8, 4) is 0 Å². The van der Waals surface area contributed by atoms with Gasteiger partial charge in [0.25, 0.3) is 0 Å². The SMILES string of the molecule is Cc1ccc(NC(=O)C(C)CN)o1. The number of hydrogen-bond acceptors (Lipinski definition) is 3. The van der Waals surface area contributed by atoms with E-state index in [1.165, 1.54) is 0 Å². The van der Waals surface area contributed by atoms with Gasteiger partial charge in [-0.1, -0.05) is 6.92 Å². The van der Waals surface area contributed by atoms with Gasteiger partial charge < -0.3 is 10.2 Å². The van der Waals surface area contributed by atoms with Crippen LogP contribution >= 0.6 is 0 Å². The van der Waals surface area contributed by atoms with Gasteiger partial charge in [0.2, 0.25) is 5.91 Å². The van der Waals surface area contributed by atoms with E-state index in [2.05, 4.69) is 5.32 Å². The molecule has 1 aromatic rings. The van der Waals surface area contributed by atoms with Crippen molar-refractivity contribution in [2.75, 3.05) is 11.9 Å². The van der Waals surface area contributed by atoms with Gasteiger partial charge in [0.15, 0.2) is 5.88 Å². The molecule has 0 aromatic carbocycles. The van der Waals surface area contributed by atoms with Crippen LogP contribution in [0.3, 0.4) is 0 Å². The molecule has 0 spiro atoms. The lowest BCUT2D eigenvalue weighted by atomic mass is 10.2. The number of nitrogens with one attached hydrogen (secondary N) is 1. The summed E-state index contributed by atoms with van der Waals surface area (Å²) in [6, 6.07) is 3.51. The highest BCUT2D eigenvalue weighted by molar-refractivity contribution is 5.91. The van der Waals surface area contributed by atoms with Gasteiger partial charge in [-0.3, -0.25) is 10.1 Å². The Morgan fingerprint density at radius 3 is 2.85 bits per heavy atom. The minimum atomic E-state index is -0.189. The first-order valence-corrected chi connectivity index (χ1v) is 4.21. The smallest absolute Gasteiger partial charge is 0.230 e. The molecule has 1 unspecified atom stereocenters. The lowest BCUT2D eigenvalue weighted by Crippen LogP contribution is -2.26. The third-order valence-electron chi connectivity index (χ3n) is 1.79. The number of furan rings is 1. The molecule has 1 amide bonds. The summed E-state index contributed by atoms with van der Waals surface area (Å²) in [5.74, 6) is 0.945. The van der Waals surface area contributed by atoms with Crippen LogP contribution in [0.15, 0.2) is 16.5 Å². The van der Waals surface area contributed by atoms with E-state index in [9.17, 15) is 4.79 Å². The molecule has 1 atom stereocenters. The predicted molar refractivity (Wildman–Crippen MR) is 50.3 cm³/mol. The number of hydrogen-bond donors (Lipinski definition) is 2. The minimum Gasteiger partial charge on any atom is -0.446 e. The number of anilines is 1. The number of nitrogens with two attached hydrogens (primary N) is 1. The van der Waals surface area contributed by atoms with Crippen molar-refractivity contribution >= 4 is 11.8 Å². The molecular formula is C9H14N2O2. The van der Waals surface area contributed by atoms with Gasteiger partial charge in [0.05, 0.1) is 0 Å². The van der Waals surface area contributed by atoms with Gasteiger partial charge in [0.1, 0.15) is 5.76 Å². The van der Waals surface area contributed by atoms with E-state index < -0.39 is 0 Å². The number of aryl methyl sites for hydroxylation is 1. The van der Waals surface area contributed by atoms with Gasteiger partial charge in [0, 0.05) is 18.5 Å². The molecule has 4 heteroatoms.